The van der Waals surface area contributed by atoms with Gasteiger partial charge in [-0.15, -0.1) is 0 Å². The van der Waals surface area contributed by atoms with Gasteiger partial charge < -0.3 is 5.11 Å². The van der Waals surface area contributed by atoms with E-state index in [0.717, 1.165) is 18.4 Å². The standard InChI is InChI=1S/C19H35NO/c1-2-15-9-3-5-11-17(15)20-14-8-7-12-18(20)16-10-4-6-13-19(16)21/h15-19,21H,2-14H2,1H3. The van der Waals surface area contributed by atoms with Crippen molar-refractivity contribution in [3.63, 3.8) is 0 Å². The molecule has 0 aromatic heterocycles. The Labute approximate surface area is 131 Å². The minimum absolute atomic E-state index is 0.0204. The van der Waals surface area contributed by atoms with Gasteiger partial charge in [0.2, 0.25) is 0 Å². The van der Waals surface area contributed by atoms with Gasteiger partial charge in [0.05, 0.1) is 6.10 Å². The second-order valence-electron chi connectivity index (χ2n) is 7.84. The highest BCUT2D eigenvalue weighted by Crippen LogP contribution is 2.39. The normalized spacial score (nSPS) is 42.9. The lowest BCUT2D eigenvalue weighted by Crippen LogP contribution is -2.55. The smallest absolute Gasteiger partial charge is 0.0583 e. The molecule has 3 rings (SSSR count). The number of hydrogen-bond acceptors (Lipinski definition) is 2. The van der Waals surface area contributed by atoms with Crippen LogP contribution < -0.4 is 0 Å². The molecule has 0 bridgehead atoms. The van der Waals surface area contributed by atoms with Crippen LogP contribution in [0.15, 0.2) is 0 Å². The van der Waals surface area contributed by atoms with Crippen LogP contribution in [0.4, 0.5) is 0 Å². The Morgan fingerprint density at radius 2 is 1.48 bits per heavy atom. The molecule has 1 heterocycles. The van der Waals surface area contributed by atoms with Gasteiger partial charge >= 0.3 is 0 Å². The minimum atomic E-state index is -0.0204. The molecule has 21 heavy (non-hydrogen) atoms. The largest absolute Gasteiger partial charge is 0.393 e. The predicted octanol–water partition coefficient (Wildman–Crippen LogP) is 4.36. The summed E-state index contributed by atoms with van der Waals surface area (Å²) < 4.78 is 0. The minimum Gasteiger partial charge on any atom is -0.393 e. The Hall–Kier alpha value is -0.0800. The van der Waals surface area contributed by atoms with Crippen LogP contribution in [0.25, 0.3) is 0 Å². The molecule has 122 valence electrons. The molecule has 2 heteroatoms. The summed E-state index contributed by atoms with van der Waals surface area (Å²) in [7, 11) is 0. The molecule has 5 unspecified atom stereocenters. The van der Waals surface area contributed by atoms with E-state index in [2.05, 4.69) is 11.8 Å². The summed E-state index contributed by atoms with van der Waals surface area (Å²) in [5.74, 6) is 1.48. The molecule has 2 saturated carbocycles. The van der Waals surface area contributed by atoms with Crippen molar-refractivity contribution in [1.29, 1.82) is 0 Å². The monoisotopic (exact) mass is 293 g/mol. The molecule has 1 N–H and O–H groups in total. The molecule has 2 nitrogen and oxygen atoms in total. The molecule has 3 aliphatic rings. The van der Waals surface area contributed by atoms with E-state index < -0.39 is 0 Å². The van der Waals surface area contributed by atoms with E-state index in [1.165, 1.54) is 77.2 Å². The number of rotatable bonds is 3. The quantitative estimate of drug-likeness (QED) is 0.835. The molecular formula is C19H35NO. The van der Waals surface area contributed by atoms with Crippen LogP contribution in [0.2, 0.25) is 0 Å². The third-order valence-electron chi connectivity index (χ3n) is 6.69. The van der Waals surface area contributed by atoms with Gasteiger partial charge in [-0.25, -0.2) is 0 Å². The molecule has 1 aliphatic heterocycles. The lowest BCUT2D eigenvalue weighted by Gasteiger charge is -2.50. The van der Waals surface area contributed by atoms with Crippen molar-refractivity contribution in [2.45, 2.75) is 102 Å². The van der Waals surface area contributed by atoms with E-state index in [1.807, 2.05) is 0 Å². The second kappa shape index (κ2) is 7.46. The molecule has 0 amide bonds. The summed E-state index contributed by atoms with van der Waals surface area (Å²) in [6.07, 6.45) is 16.1. The average Bonchev–Trinajstić information content (AvgIpc) is 2.55. The summed E-state index contributed by atoms with van der Waals surface area (Å²) in [6, 6.07) is 1.51. The SMILES string of the molecule is CCC1CCCCC1N1CCCCC1C1CCCCC1O. The Morgan fingerprint density at radius 3 is 2.29 bits per heavy atom. The van der Waals surface area contributed by atoms with Crippen molar-refractivity contribution in [3.05, 3.63) is 0 Å². The van der Waals surface area contributed by atoms with E-state index in [0.29, 0.717) is 12.0 Å². The highest BCUT2D eigenvalue weighted by Gasteiger charge is 2.40. The third-order valence-corrected chi connectivity index (χ3v) is 6.69. The van der Waals surface area contributed by atoms with E-state index >= 15 is 0 Å². The van der Waals surface area contributed by atoms with Gasteiger partial charge in [-0.2, -0.15) is 0 Å². The Morgan fingerprint density at radius 1 is 0.810 bits per heavy atom. The molecule has 0 radical (unpaired) electrons. The molecule has 0 spiro atoms. The molecule has 0 aromatic rings. The summed E-state index contributed by atoms with van der Waals surface area (Å²) >= 11 is 0. The van der Waals surface area contributed by atoms with E-state index in [-0.39, 0.29) is 6.10 Å². The fraction of sp³-hybridized carbons (Fsp3) is 1.00. The van der Waals surface area contributed by atoms with Gasteiger partial charge in [0.15, 0.2) is 0 Å². The van der Waals surface area contributed by atoms with Crippen molar-refractivity contribution >= 4 is 0 Å². The van der Waals surface area contributed by atoms with Crippen LogP contribution in [-0.2, 0) is 0 Å². The van der Waals surface area contributed by atoms with Gasteiger partial charge in [0.25, 0.3) is 0 Å². The highest BCUT2D eigenvalue weighted by atomic mass is 16.3. The first-order chi connectivity index (χ1) is 10.3. The van der Waals surface area contributed by atoms with E-state index in [9.17, 15) is 5.11 Å². The Bertz CT molecular complexity index is 319. The zero-order valence-corrected chi connectivity index (χ0v) is 14.0. The van der Waals surface area contributed by atoms with Gasteiger partial charge in [-0.1, -0.05) is 45.4 Å². The van der Waals surface area contributed by atoms with E-state index in [1.54, 1.807) is 0 Å². The first kappa shape index (κ1) is 15.8. The van der Waals surface area contributed by atoms with Crippen LogP contribution in [0.5, 0.6) is 0 Å². The lowest BCUT2D eigenvalue weighted by molar-refractivity contribution is -0.0409. The molecule has 5 atom stereocenters. The highest BCUT2D eigenvalue weighted by molar-refractivity contribution is 4.94. The fourth-order valence-corrected chi connectivity index (χ4v) is 5.54. The molecule has 2 aliphatic carbocycles. The van der Waals surface area contributed by atoms with Crippen molar-refractivity contribution < 1.29 is 5.11 Å². The second-order valence-corrected chi connectivity index (χ2v) is 7.84. The number of nitrogens with zero attached hydrogens (tertiary/aromatic N) is 1. The molecular weight excluding hydrogens is 258 g/mol. The lowest BCUT2D eigenvalue weighted by atomic mass is 9.75. The first-order valence-electron chi connectivity index (χ1n) is 9.75. The van der Waals surface area contributed by atoms with Crippen LogP contribution in [-0.4, -0.2) is 34.7 Å². The molecule has 1 saturated heterocycles. The first-order valence-corrected chi connectivity index (χ1v) is 9.75. The van der Waals surface area contributed by atoms with Crippen LogP contribution in [0, 0.1) is 11.8 Å². The Kier molecular flexibility index (Phi) is 5.61. The summed E-state index contributed by atoms with van der Waals surface area (Å²) in [4.78, 5) is 2.88. The number of hydrogen-bond donors (Lipinski definition) is 1. The number of aliphatic hydroxyl groups is 1. The number of likely N-dealkylation sites (tertiary alicyclic amines) is 1. The fourth-order valence-electron chi connectivity index (χ4n) is 5.54. The van der Waals surface area contributed by atoms with Crippen LogP contribution in [0.1, 0.15) is 84.0 Å². The van der Waals surface area contributed by atoms with Crippen LogP contribution >= 0.6 is 0 Å². The predicted molar refractivity (Wildman–Crippen MR) is 88.3 cm³/mol. The van der Waals surface area contributed by atoms with Crippen molar-refractivity contribution in [2.75, 3.05) is 6.54 Å². The average molecular weight is 293 g/mol. The van der Waals surface area contributed by atoms with Gasteiger partial charge in [0.1, 0.15) is 0 Å². The molecule has 0 aromatic carbocycles. The number of piperidine rings is 1. The van der Waals surface area contributed by atoms with Crippen molar-refractivity contribution in [2.24, 2.45) is 11.8 Å². The van der Waals surface area contributed by atoms with Gasteiger partial charge in [-0.3, -0.25) is 4.90 Å². The van der Waals surface area contributed by atoms with Crippen molar-refractivity contribution in [3.8, 4) is 0 Å². The third kappa shape index (κ3) is 3.47. The summed E-state index contributed by atoms with van der Waals surface area (Å²) in [5, 5.41) is 10.5. The van der Waals surface area contributed by atoms with Crippen molar-refractivity contribution in [1.82, 2.24) is 4.90 Å². The zero-order chi connectivity index (χ0) is 14.7. The van der Waals surface area contributed by atoms with Crippen LogP contribution in [0.3, 0.4) is 0 Å². The van der Waals surface area contributed by atoms with Gasteiger partial charge in [-0.05, 0) is 51.0 Å². The topological polar surface area (TPSA) is 23.5 Å². The maximum Gasteiger partial charge on any atom is 0.0583 e. The summed E-state index contributed by atoms with van der Waals surface area (Å²) in [5.41, 5.74) is 0. The maximum atomic E-state index is 10.5. The van der Waals surface area contributed by atoms with E-state index in [4.69, 9.17) is 0 Å². The molecule has 3 fully saturated rings. The Balaban J connectivity index is 1.73. The summed E-state index contributed by atoms with van der Waals surface area (Å²) in [6.45, 7) is 3.69. The number of aliphatic hydroxyl groups excluding tert-OH is 1. The zero-order valence-electron chi connectivity index (χ0n) is 14.0. The maximum absolute atomic E-state index is 10.5. The van der Waals surface area contributed by atoms with Gasteiger partial charge in [0, 0.05) is 18.0 Å².